The highest BCUT2D eigenvalue weighted by atomic mass is 15.5. The van der Waals surface area contributed by atoms with Crippen LogP contribution in [0.1, 0.15) is 46.5 Å². The summed E-state index contributed by atoms with van der Waals surface area (Å²) in [6, 6.07) is 0.338. The Hall–Kier alpha value is -0.890. The predicted octanol–water partition coefficient (Wildman–Crippen LogP) is 3.75. The molecule has 0 aliphatic heterocycles. The van der Waals surface area contributed by atoms with E-state index in [1.54, 1.807) is 5.01 Å². The number of hydrogen-bond donors (Lipinski definition) is 0. The second kappa shape index (κ2) is 7.51. The van der Waals surface area contributed by atoms with E-state index in [4.69, 9.17) is 5.53 Å². The first-order chi connectivity index (χ1) is 6.61. The molecule has 82 valence electrons. The van der Waals surface area contributed by atoms with Crippen LogP contribution >= 0.6 is 0 Å². The monoisotopic (exact) mass is 198 g/mol. The maximum absolute atomic E-state index is 8.26. The third-order valence-electron chi connectivity index (χ3n) is 2.68. The molecule has 0 heterocycles. The summed E-state index contributed by atoms with van der Waals surface area (Å²) in [6.07, 6.45) is 4.84. The van der Waals surface area contributed by atoms with Gasteiger partial charge in [-0.25, -0.2) is 5.01 Å². The van der Waals surface area contributed by atoms with Crippen LogP contribution in [-0.2, 0) is 0 Å². The van der Waals surface area contributed by atoms with Crippen molar-refractivity contribution in [3.63, 3.8) is 0 Å². The smallest absolute Gasteiger partial charge is 0.0960 e. The van der Waals surface area contributed by atoms with E-state index in [-0.39, 0.29) is 0 Å². The first kappa shape index (κ1) is 13.1. The van der Waals surface area contributed by atoms with Gasteiger partial charge in [0.2, 0.25) is 0 Å². The maximum Gasteiger partial charge on any atom is 0.0960 e. The number of rotatable bonds is 7. The highest BCUT2D eigenvalue weighted by molar-refractivity contribution is 4.63. The summed E-state index contributed by atoms with van der Waals surface area (Å²) >= 11 is 0. The van der Waals surface area contributed by atoms with Gasteiger partial charge in [0.15, 0.2) is 0 Å². The fraction of sp³-hybridized carbons (Fsp3) is 1.00. The Kier molecular flexibility index (Phi) is 7.03. The molecule has 4 nitrogen and oxygen atoms in total. The summed E-state index contributed by atoms with van der Waals surface area (Å²) in [5, 5.41) is 5.26. The lowest BCUT2D eigenvalue weighted by atomic mass is 9.98. The molecule has 1 unspecified atom stereocenters. The summed E-state index contributed by atoms with van der Waals surface area (Å²) in [5.74, 6) is 0.780. The van der Waals surface area contributed by atoms with Gasteiger partial charge in [0.1, 0.15) is 0 Å². The Balaban J connectivity index is 3.71. The van der Waals surface area contributed by atoms with Crippen LogP contribution in [0.4, 0.5) is 0 Å². The molecular weight excluding hydrogens is 176 g/mol. The van der Waals surface area contributed by atoms with E-state index in [9.17, 15) is 0 Å². The predicted molar refractivity (Wildman–Crippen MR) is 59.7 cm³/mol. The van der Waals surface area contributed by atoms with Crippen LogP contribution < -0.4 is 0 Å². The fourth-order valence-electron chi connectivity index (χ4n) is 1.50. The lowest BCUT2D eigenvalue weighted by Crippen LogP contribution is -2.23. The van der Waals surface area contributed by atoms with Crippen molar-refractivity contribution in [1.29, 1.82) is 0 Å². The molecular formula is C10H22N4. The molecule has 0 fully saturated rings. The van der Waals surface area contributed by atoms with Gasteiger partial charge < -0.3 is 0 Å². The van der Waals surface area contributed by atoms with Gasteiger partial charge in [-0.05, 0) is 30.9 Å². The minimum Gasteiger partial charge on any atom is -0.248 e. The molecule has 0 aromatic carbocycles. The van der Waals surface area contributed by atoms with E-state index in [1.807, 2.05) is 7.05 Å². The van der Waals surface area contributed by atoms with Gasteiger partial charge in [-0.1, -0.05) is 26.7 Å². The summed E-state index contributed by atoms with van der Waals surface area (Å²) in [5.41, 5.74) is 8.26. The molecule has 0 aromatic heterocycles. The molecule has 0 rings (SSSR count). The second-order valence-corrected chi connectivity index (χ2v) is 4.07. The minimum absolute atomic E-state index is 0.338. The van der Waals surface area contributed by atoms with Crippen molar-refractivity contribution in [2.24, 2.45) is 11.1 Å². The molecule has 0 radical (unpaired) electrons. The van der Waals surface area contributed by atoms with Gasteiger partial charge in [0, 0.05) is 0 Å². The molecule has 0 aliphatic rings. The quantitative estimate of drug-likeness (QED) is 0.266. The fourth-order valence-corrected chi connectivity index (χ4v) is 1.50. The Morgan fingerprint density at radius 2 is 1.93 bits per heavy atom. The van der Waals surface area contributed by atoms with Crippen molar-refractivity contribution in [2.45, 2.75) is 52.5 Å². The van der Waals surface area contributed by atoms with Gasteiger partial charge in [-0.3, -0.25) is 0 Å². The van der Waals surface area contributed by atoms with Crippen molar-refractivity contribution < 1.29 is 0 Å². The van der Waals surface area contributed by atoms with E-state index in [2.05, 4.69) is 30.9 Å². The molecule has 0 aromatic rings. The molecule has 0 saturated heterocycles. The molecule has 0 N–H and O–H groups in total. The molecule has 0 saturated carbocycles. The highest BCUT2D eigenvalue weighted by Gasteiger charge is 2.11. The van der Waals surface area contributed by atoms with Gasteiger partial charge >= 0.3 is 0 Å². The molecule has 4 heteroatoms. The number of nitrogens with zero attached hydrogens (tertiary/aromatic N) is 4. The number of azide groups is 1. The van der Waals surface area contributed by atoms with Crippen LogP contribution in [-0.4, -0.2) is 18.1 Å². The summed E-state index contributed by atoms with van der Waals surface area (Å²) < 4.78 is 0. The Morgan fingerprint density at radius 1 is 1.29 bits per heavy atom. The van der Waals surface area contributed by atoms with E-state index >= 15 is 0 Å². The average Bonchev–Trinajstić information content (AvgIpc) is 2.15. The normalized spacial score (nSPS) is 14.3. The third-order valence-corrected chi connectivity index (χ3v) is 2.68. The first-order valence-corrected chi connectivity index (χ1v) is 5.39. The van der Waals surface area contributed by atoms with Crippen LogP contribution in [0.25, 0.3) is 10.4 Å². The zero-order valence-electron chi connectivity index (χ0n) is 9.77. The minimum atomic E-state index is 0.338. The third kappa shape index (κ3) is 5.70. The van der Waals surface area contributed by atoms with Crippen LogP contribution in [0, 0.1) is 5.92 Å². The van der Waals surface area contributed by atoms with E-state index in [1.165, 1.54) is 19.3 Å². The van der Waals surface area contributed by atoms with Crippen LogP contribution in [0.15, 0.2) is 5.22 Å². The molecule has 0 aliphatic carbocycles. The molecule has 0 spiro atoms. The molecule has 0 bridgehead atoms. The van der Waals surface area contributed by atoms with Crippen molar-refractivity contribution in [2.75, 3.05) is 7.05 Å². The lowest BCUT2D eigenvalue weighted by molar-refractivity contribution is 0.239. The average molecular weight is 198 g/mol. The first-order valence-electron chi connectivity index (χ1n) is 5.39. The standard InChI is InChI=1S/C10H22N4/c1-5-6-9(2)7-8-10(3)14(4)13-12-11/h9-10H,5-8H2,1-4H3/t9?,10-/m1/s1. The van der Waals surface area contributed by atoms with Gasteiger partial charge in [0.05, 0.1) is 13.1 Å². The summed E-state index contributed by atoms with van der Waals surface area (Å²) in [7, 11) is 1.83. The lowest BCUT2D eigenvalue weighted by Gasteiger charge is -2.18. The van der Waals surface area contributed by atoms with E-state index in [0.717, 1.165) is 12.3 Å². The zero-order chi connectivity index (χ0) is 11.0. The number of hydrogen-bond acceptors (Lipinski definition) is 1. The molecule has 14 heavy (non-hydrogen) atoms. The van der Waals surface area contributed by atoms with Crippen LogP contribution in [0.5, 0.6) is 0 Å². The zero-order valence-corrected chi connectivity index (χ0v) is 9.77. The maximum atomic E-state index is 8.26. The summed E-state index contributed by atoms with van der Waals surface area (Å²) in [4.78, 5) is 2.77. The second-order valence-electron chi connectivity index (χ2n) is 4.07. The topological polar surface area (TPSA) is 52.0 Å². The van der Waals surface area contributed by atoms with Crippen molar-refractivity contribution in [3.8, 4) is 0 Å². The van der Waals surface area contributed by atoms with E-state index < -0.39 is 0 Å². The van der Waals surface area contributed by atoms with Crippen LogP contribution in [0.2, 0.25) is 0 Å². The van der Waals surface area contributed by atoms with Crippen LogP contribution in [0.3, 0.4) is 0 Å². The Morgan fingerprint density at radius 3 is 2.43 bits per heavy atom. The largest absolute Gasteiger partial charge is 0.248 e. The Bertz CT molecular complexity index is 187. The van der Waals surface area contributed by atoms with Gasteiger partial charge in [-0.2, -0.15) is 4.91 Å². The van der Waals surface area contributed by atoms with Crippen molar-refractivity contribution in [3.05, 3.63) is 10.4 Å². The molecule has 2 atom stereocenters. The molecule has 0 amide bonds. The SMILES string of the molecule is CCCC(C)CC[C@@H](C)N(C)N=[N+]=[N-]. The highest BCUT2D eigenvalue weighted by Crippen LogP contribution is 2.15. The van der Waals surface area contributed by atoms with Crippen molar-refractivity contribution in [1.82, 2.24) is 5.01 Å². The van der Waals surface area contributed by atoms with Crippen molar-refractivity contribution >= 4 is 0 Å². The Labute approximate surface area is 86.9 Å². The van der Waals surface area contributed by atoms with E-state index in [0.29, 0.717) is 6.04 Å². The van der Waals surface area contributed by atoms with Gasteiger partial charge in [-0.15, -0.1) is 5.53 Å². The summed E-state index contributed by atoms with van der Waals surface area (Å²) in [6.45, 7) is 6.59. The van der Waals surface area contributed by atoms with Gasteiger partial charge in [0.25, 0.3) is 0 Å².